The molecule has 0 unspecified atom stereocenters. The molecule has 5 nitrogen and oxygen atoms in total. The van der Waals surface area contributed by atoms with E-state index in [0.717, 1.165) is 39.1 Å². The monoisotopic (exact) mass is 255 g/mol. The Labute approximate surface area is 109 Å². The molecule has 0 aromatic carbocycles. The van der Waals surface area contributed by atoms with E-state index in [1.165, 1.54) is 0 Å². The van der Waals surface area contributed by atoms with Gasteiger partial charge in [-0.1, -0.05) is 0 Å². The lowest BCUT2D eigenvalue weighted by Gasteiger charge is -2.37. The molecule has 0 saturated carbocycles. The molecule has 2 saturated heterocycles. The number of amides is 1. The Hall–Kier alpha value is -0.810. The summed E-state index contributed by atoms with van der Waals surface area (Å²) in [6.07, 6.45) is 0.925. The molecule has 2 fully saturated rings. The maximum atomic E-state index is 12.0. The number of piperazine rings is 1. The second-order valence-corrected chi connectivity index (χ2v) is 6.41. The number of carbonyl (C=O) groups excluding carboxylic acids is 1. The van der Waals surface area contributed by atoms with Crippen LogP contribution in [0.5, 0.6) is 0 Å². The van der Waals surface area contributed by atoms with Crippen LogP contribution in [-0.4, -0.2) is 60.3 Å². The average Bonchev–Trinajstić information content (AvgIpc) is 2.68. The van der Waals surface area contributed by atoms with Crippen molar-refractivity contribution in [2.75, 3.05) is 32.7 Å². The van der Waals surface area contributed by atoms with Crippen molar-refractivity contribution in [2.24, 2.45) is 11.7 Å². The number of ether oxygens (including phenoxy) is 1. The Kier molecular flexibility index (Phi) is 3.82. The summed E-state index contributed by atoms with van der Waals surface area (Å²) >= 11 is 0. The van der Waals surface area contributed by atoms with Crippen molar-refractivity contribution in [3.63, 3.8) is 0 Å². The van der Waals surface area contributed by atoms with E-state index >= 15 is 0 Å². The van der Waals surface area contributed by atoms with Crippen LogP contribution in [0.1, 0.15) is 27.2 Å². The Bertz CT molecular complexity index is 314. The summed E-state index contributed by atoms with van der Waals surface area (Å²) in [5.41, 5.74) is 5.32. The highest BCUT2D eigenvalue weighted by Crippen LogP contribution is 2.26. The van der Waals surface area contributed by atoms with Crippen molar-refractivity contribution in [3.8, 4) is 0 Å². The minimum absolute atomic E-state index is 0.182. The number of hydrogen-bond donors (Lipinski definition) is 1. The zero-order chi connectivity index (χ0) is 13.3. The predicted molar refractivity (Wildman–Crippen MR) is 70.3 cm³/mol. The fraction of sp³-hybridized carbons (Fsp3) is 0.923. The molecule has 1 amide bonds. The van der Waals surface area contributed by atoms with Crippen LogP contribution >= 0.6 is 0 Å². The van der Waals surface area contributed by atoms with Crippen LogP contribution in [0.4, 0.5) is 4.79 Å². The van der Waals surface area contributed by atoms with E-state index in [0.29, 0.717) is 12.0 Å². The summed E-state index contributed by atoms with van der Waals surface area (Å²) < 4.78 is 5.42. The van der Waals surface area contributed by atoms with Crippen molar-refractivity contribution in [3.05, 3.63) is 0 Å². The summed E-state index contributed by atoms with van der Waals surface area (Å²) in [6, 6.07) is 0.472. The zero-order valence-electron chi connectivity index (χ0n) is 11.7. The summed E-state index contributed by atoms with van der Waals surface area (Å²) in [5.74, 6) is 0.591. The number of carbonyl (C=O) groups is 1. The maximum Gasteiger partial charge on any atom is 0.410 e. The van der Waals surface area contributed by atoms with E-state index < -0.39 is 5.60 Å². The molecule has 0 aliphatic carbocycles. The van der Waals surface area contributed by atoms with Gasteiger partial charge in [0, 0.05) is 32.2 Å². The van der Waals surface area contributed by atoms with Crippen LogP contribution in [0, 0.1) is 5.92 Å². The van der Waals surface area contributed by atoms with Crippen molar-refractivity contribution in [1.29, 1.82) is 0 Å². The first-order valence-electron chi connectivity index (χ1n) is 6.81. The maximum absolute atomic E-state index is 12.0. The van der Waals surface area contributed by atoms with Gasteiger partial charge in [0.1, 0.15) is 5.60 Å². The number of fused-ring (bicyclic) bond motifs is 1. The fourth-order valence-electron chi connectivity index (χ4n) is 2.81. The predicted octanol–water partition coefficient (Wildman–Crippen LogP) is 0.886. The van der Waals surface area contributed by atoms with E-state index in [1.54, 1.807) is 0 Å². The van der Waals surface area contributed by atoms with Gasteiger partial charge in [0.25, 0.3) is 0 Å². The highest BCUT2D eigenvalue weighted by Gasteiger charge is 2.37. The van der Waals surface area contributed by atoms with E-state index in [4.69, 9.17) is 10.5 Å². The highest BCUT2D eigenvalue weighted by molar-refractivity contribution is 5.68. The quantitative estimate of drug-likeness (QED) is 0.756. The van der Waals surface area contributed by atoms with E-state index in [9.17, 15) is 4.79 Å². The number of nitrogens with zero attached hydrogens (tertiary/aromatic N) is 2. The van der Waals surface area contributed by atoms with Crippen LogP contribution < -0.4 is 5.73 Å². The van der Waals surface area contributed by atoms with Crippen LogP contribution in [0.15, 0.2) is 0 Å². The highest BCUT2D eigenvalue weighted by atomic mass is 16.6. The summed E-state index contributed by atoms with van der Waals surface area (Å²) in [7, 11) is 0. The van der Waals surface area contributed by atoms with Crippen LogP contribution in [0.2, 0.25) is 0 Å². The molecule has 2 heterocycles. The molecule has 0 bridgehead atoms. The average molecular weight is 255 g/mol. The van der Waals surface area contributed by atoms with Gasteiger partial charge >= 0.3 is 6.09 Å². The third kappa shape index (κ3) is 3.14. The Morgan fingerprint density at radius 3 is 2.67 bits per heavy atom. The van der Waals surface area contributed by atoms with Gasteiger partial charge in [-0.3, -0.25) is 4.90 Å². The van der Waals surface area contributed by atoms with Gasteiger partial charge in [0.05, 0.1) is 0 Å². The van der Waals surface area contributed by atoms with Crippen molar-refractivity contribution < 1.29 is 9.53 Å². The smallest absolute Gasteiger partial charge is 0.410 e. The van der Waals surface area contributed by atoms with E-state index in [-0.39, 0.29) is 6.09 Å². The Morgan fingerprint density at radius 2 is 2.06 bits per heavy atom. The van der Waals surface area contributed by atoms with Crippen molar-refractivity contribution in [1.82, 2.24) is 9.80 Å². The fourth-order valence-corrected chi connectivity index (χ4v) is 2.81. The molecule has 2 aliphatic rings. The van der Waals surface area contributed by atoms with E-state index in [2.05, 4.69) is 4.90 Å². The van der Waals surface area contributed by atoms with Gasteiger partial charge in [-0.15, -0.1) is 0 Å². The van der Waals surface area contributed by atoms with Gasteiger partial charge < -0.3 is 15.4 Å². The largest absolute Gasteiger partial charge is 0.444 e. The molecule has 5 heteroatoms. The number of rotatable bonds is 1. The molecule has 2 rings (SSSR count). The van der Waals surface area contributed by atoms with E-state index in [1.807, 2.05) is 25.7 Å². The summed E-state index contributed by atoms with van der Waals surface area (Å²) in [6.45, 7) is 10.0. The van der Waals surface area contributed by atoms with Crippen LogP contribution in [0.3, 0.4) is 0 Å². The molecule has 104 valence electrons. The second-order valence-electron chi connectivity index (χ2n) is 6.41. The Morgan fingerprint density at radius 1 is 1.33 bits per heavy atom. The van der Waals surface area contributed by atoms with Gasteiger partial charge in [0.15, 0.2) is 0 Å². The standard InChI is InChI=1S/C13H25N3O2/c1-13(2,3)18-12(17)16-5-4-15-8-10(7-14)6-11(15)9-16/h10-11H,4-9,14H2,1-3H3/t10-,11+/m1/s1. The molecule has 2 atom stereocenters. The summed E-state index contributed by atoms with van der Waals surface area (Å²) in [5, 5.41) is 0. The Balaban J connectivity index is 1.89. The lowest BCUT2D eigenvalue weighted by molar-refractivity contribution is 0.00924. The van der Waals surface area contributed by atoms with Gasteiger partial charge in [0.2, 0.25) is 0 Å². The lowest BCUT2D eigenvalue weighted by atomic mass is 10.1. The first kappa shape index (κ1) is 13.6. The normalized spacial score (nSPS) is 29.2. The molecule has 0 aromatic rings. The molecular formula is C13H25N3O2. The lowest BCUT2D eigenvalue weighted by Crippen LogP contribution is -2.53. The molecule has 2 N–H and O–H groups in total. The summed E-state index contributed by atoms with van der Waals surface area (Å²) in [4.78, 5) is 16.3. The molecule has 2 aliphatic heterocycles. The van der Waals surface area contributed by atoms with Crippen molar-refractivity contribution in [2.45, 2.75) is 38.8 Å². The SMILES string of the molecule is CC(C)(C)OC(=O)N1CCN2C[C@@H](CN)C[C@H]2C1. The number of nitrogens with two attached hydrogens (primary N) is 1. The minimum Gasteiger partial charge on any atom is -0.444 e. The molecule has 0 aromatic heterocycles. The third-order valence-corrected chi connectivity index (χ3v) is 3.69. The zero-order valence-corrected chi connectivity index (χ0v) is 11.7. The van der Waals surface area contributed by atoms with Gasteiger partial charge in [-0.2, -0.15) is 0 Å². The van der Waals surface area contributed by atoms with Crippen LogP contribution in [0.25, 0.3) is 0 Å². The molecule has 0 spiro atoms. The number of hydrogen-bond acceptors (Lipinski definition) is 4. The van der Waals surface area contributed by atoms with Crippen molar-refractivity contribution >= 4 is 6.09 Å². The van der Waals surface area contributed by atoms with Crippen LogP contribution in [-0.2, 0) is 4.74 Å². The minimum atomic E-state index is -0.413. The van der Waals surface area contributed by atoms with Gasteiger partial charge in [-0.25, -0.2) is 4.79 Å². The molecular weight excluding hydrogens is 230 g/mol. The first-order chi connectivity index (χ1) is 8.39. The molecule has 18 heavy (non-hydrogen) atoms. The third-order valence-electron chi connectivity index (χ3n) is 3.69. The first-order valence-corrected chi connectivity index (χ1v) is 6.81. The molecule has 0 radical (unpaired) electrons. The topological polar surface area (TPSA) is 58.8 Å². The van der Waals surface area contributed by atoms with Gasteiger partial charge in [-0.05, 0) is 39.7 Å². The second kappa shape index (κ2) is 5.05.